The first-order chi connectivity index (χ1) is 16.2. The van der Waals surface area contributed by atoms with Crippen LogP contribution in [0.4, 0.5) is 20.8 Å². The van der Waals surface area contributed by atoms with Crippen molar-refractivity contribution < 1.29 is 23.3 Å². The molecule has 34 heavy (non-hydrogen) atoms. The van der Waals surface area contributed by atoms with Gasteiger partial charge in [-0.05, 0) is 49.4 Å². The Labute approximate surface area is 206 Å². The number of furan rings is 1. The molecule has 1 aromatic carbocycles. The summed E-state index contributed by atoms with van der Waals surface area (Å²) in [6.45, 7) is 3.62. The number of ether oxygens (including phenoxy) is 1. The van der Waals surface area contributed by atoms with Gasteiger partial charge in [0.05, 0.1) is 29.8 Å². The van der Waals surface area contributed by atoms with E-state index in [4.69, 9.17) is 33.6 Å². The molecule has 180 valence electrons. The number of cyclic esters (lactones) is 1. The van der Waals surface area contributed by atoms with Gasteiger partial charge in [0.15, 0.2) is 5.76 Å². The molecule has 12 heteroatoms. The van der Waals surface area contributed by atoms with Crippen LogP contribution in [0.5, 0.6) is 0 Å². The molecule has 2 aliphatic heterocycles. The van der Waals surface area contributed by atoms with Crippen LogP contribution in [-0.2, 0) is 4.74 Å². The zero-order chi connectivity index (χ0) is 24.4. The lowest BCUT2D eigenvalue weighted by Gasteiger charge is -2.33. The normalized spacial score (nSPS) is 18.6. The third-order valence-electron chi connectivity index (χ3n) is 5.95. The zero-order valence-electron chi connectivity index (χ0n) is 18.4. The van der Waals surface area contributed by atoms with Crippen molar-refractivity contribution in [3.63, 3.8) is 0 Å². The highest BCUT2D eigenvalue weighted by molar-refractivity contribution is 7.80. The number of benzene rings is 1. The molecule has 3 heterocycles. The summed E-state index contributed by atoms with van der Waals surface area (Å²) >= 11 is 10.4. The van der Waals surface area contributed by atoms with Gasteiger partial charge in [0, 0.05) is 13.1 Å². The van der Waals surface area contributed by atoms with Crippen molar-refractivity contribution in [2.75, 3.05) is 31.1 Å². The molecule has 2 aliphatic rings. The Bertz CT molecular complexity index is 1130. The minimum Gasteiger partial charge on any atom is -0.442 e. The molecule has 0 bridgehead atoms. The number of halogens is 1. The molecule has 1 aromatic heterocycles. The highest BCUT2D eigenvalue weighted by Crippen LogP contribution is 2.33. The minimum atomic E-state index is -0.607. The van der Waals surface area contributed by atoms with E-state index in [-0.39, 0.29) is 29.5 Å². The molecule has 0 aliphatic carbocycles. The van der Waals surface area contributed by atoms with E-state index in [2.05, 4.69) is 5.32 Å². The predicted molar refractivity (Wildman–Crippen MR) is 131 cm³/mol. The van der Waals surface area contributed by atoms with Gasteiger partial charge >= 0.3 is 12.0 Å². The van der Waals surface area contributed by atoms with Crippen LogP contribution in [0.15, 0.2) is 34.7 Å². The number of anilines is 1. The third-order valence-corrected chi connectivity index (χ3v) is 6.56. The molecule has 1 unspecified atom stereocenters. The van der Waals surface area contributed by atoms with E-state index in [0.717, 1.165) is 0 Å². The van der Waals surface area contributed by atoms with E-state index in [1.54, 1.807) is 19.1 Å². The quantitative estimate of drug-likeness (QED) is 0.352. The lowest BCUT2D eigenvalue weighted by Crippen LogP contribution is -2.37. The van der Waals surface area contributed by atoms with Crippen LogP contribution >= 0.6 is 24.4 Å². The Morgan fingerprint density at radius 2 is 2.00 bits per heavy atom. The second-order valence-corrected chi connectivity index (χ2v) is 9.22. The summed E-state index contributed by atoms with van der Waals surface area (Å²) in [5.41, 5.74) is 1.04. The second kappa shape index (κ2) is 10.0. The van der Waals surface area contributed by atoms with E-state index in [9.17, 15) is 14.9 Å². The number of hydrogen-bond acceptors (Lipinski definition) is 7. The molecule has 0 saturated carbocycles. The van der Waals surface area contributed by atoms with Crippen molar-refractivity contribution in [3.05, 3.63) is 57.6 Å². The molecular weight excluding hydrogens is 483 g/mol. The lowest BCUT2D eigenvalue weighted by atomic mass is 9.89. The Balaban J connectivity index is 1.36. The molecule has 1 amide bonds. The first kappa shape index (κ1) is 24.0. The van der Waals surface area contributed by atoms with E-state index >= 15 is 4.39 Å². The number of rotatable bonds is 6. The molecule has 2 saturated heterocycles. The van der Waals surface area contributed by atoms with E-state index < -0.39 is 11.0 Å². The second-order valence-electron chi connectivity index (χ2n) is 8.22. The number of amides is 1. The van der Waals surface area contributed by atoms with Crippen molar-refractivity contribution in [2.24, 2.45) is 0 Å². The molecule has 0 spiro atoms. The zero-order valence-corrected chi connectivity index (χ0v) is 20.0. The lowest BCUT2D eigenvalue weighted by molar-refractivity contribution is -0.402. The van der Waals surface area contributed by atoms with Gasteiger partial charge in [-0.25, -0.2) is 9.18 Å². The van der Waals surface area contributed by atoms with Crippen molar-refractivity contribution in [2.45, 2.75) is 31.8 Å². The number of nitro groups is 1. The van der Waals surface area contributed by atoms with Crippen LogP contribution in [0.1, 0.15) is 37.0 Å². The van der Waals surface area contributed by atoms with E-state index in [0.29, 0.717) is 60.2 Å². The largest absolute Gasteiger partial charge is 0.442 e. The molecule has 9 nitrogen and oxygen atoms in total. The smallest absolute Gasteiger partial charge is 0.433 e. The van der Waals surface area contributed by atoms with Crippen molar-refractivity contribution in [3.8, 4) is 0 Å². The van der Waals surface area contributed by atoms with E-state index in [1.807, 2.05) is 4.90 Å². The van der Waals surface area contributed by atoms with Crippen LogP contribution in [0.25, 0.3) is 0 Å². The molecule has 2 fully saturated rings. The number of carbonyl (C=O) groups is 1. The van der Waals surface area contributed by atoms with Gasteiger partial charge in [0.1, 0.15) is 21.8 Å². The summed E-state index contributed by atoms with van der Waals surface area (Å²) in [6.07, 6.45) is 0.448. The molecule has 4 rings (SSSR count). The van der Waals surface area contributed by atoms with Gasteiger partial charge < -0.3 is 19.4 Å². The van der Waals surface area contributed by atoms with Crippen LogP contribution in [0, 0.1) is 15.9 Å². The molecule has 2 aromatic rings. The van der Waals surface area contributed by atoms with Gasteiger partial charge in [-0.3, -0.25) is 15.0 Å². The highest BCUT2D eigenvalue weighted by atomic mass is 32.1. The van der Waals surface area contributed by atoms with Crippen LogP contribution in [-0.4, -0.2) is 58.2 Å². The maximum absolute atomic E-state index is 15.0. The average Bonchev–Trinajstić information content (AvgIpc) is 3.44. The van der Waals surface area contributed by atoms with Gasteiger partial charge in [-0.1, -0.05) is 30.5 Å². The third kappa shape index (κ3) is 5.17. The molecular formula is C22H23FN4O5S2. The monoisotopic (exact) mass is 506 g/mol. The number of hydrogen-bond donors (Lipinski definition) is 1. The standard InChI is InChI=1S/C22H23FN4O5S2/c1-13(33)24-11-16-12-26(22(28)31-16)15-2-3-17(18(23)10-15)14-6-8-25(9-7-14)21(34)19-4-5-20(32-19)27(29)30/h2-5,10,14,16H,6-9,11-12H2,1H3,(H,24,33). The summed E-state index contributed by atoms with van der Waals surface area (Å²) in [5.74, 6) is -0.452. The number of nitrogens with one attached hydrogen (secondary N) is 1. The number of thiocarbonyl (C=S) groups is 2. The van der Waals surface area contributed by atoms with Crippen LogP contribution in [0.2, 0.25) is 0 Å². The van der Waals surface area contributed by atoms with Gasteiger partial charge in [-0.15, -0.1) is 0 Å². The Hall–Kier alpha value is -3.12. The molecule has 1 N–H and O–H groups in total. The first-order valence-electron chi connectivity index (χ1n) is 10.8. The Morgan fingerprint density at radius 3 is 2.62 bits per heavy atom. The molecule has 0 radical (unpaired) electrons. The topological polar surface area (TPSA) is 101 Å². The molecule has 1 atom stereocenters. The van der Waals surface area contributed by atoms with Crippen LogP contribution in [0.3, 0.4) is 0 Å². The minimum absolute atomic E-state index is 0.00733. The number of likely N-dealkylation sites (tertiary alicyclic amines) is 1. The summed E-state index contributed by atoms with van der Waals surface area (Å²) in [6, 6.07) is 7.60. The maximum atomic E-state index is 15.0. The fraction of sp³-hybridized carbons (Fsp3) is 0.409. The number of nitrogens with zero attached hydrogens (tertiary/aromatic N) is 3. The van der Waals surface area contributed by atoms with Gasteiger partial charge in [0.25, 0.3) is 0 Å². The van der Waals surface area contributed by atoms with Crippen molar-refractivity contribution in [1.82, 2.24) is 10.2 Å². The van der Waals surface area contributed by atoms with Crippen molar-refractivity contribution >= 4 is 52.1 Å². The van der Waals surface area contributed by atoms with Crippen LogP contribution < -0.4 is 10.2 Å². The average molecular weight is 507 g/mol. The van der Waals surface area contributed by atoms with E-state index in [1.165, 1.54) is 23.1 Å². The highest BCUT2D eigenvalue weighted by Gasteiger charge is 2.33. The van der Waals surface area contributed by atoms with Gasteiger partial charge in [-0.2, -0.15) is 0 Å². The maximum Gasteiger partial charge on any atom is 0.433 e. The fourth-order valence-corrected chi connectivity index (χ4v) is 4.58. The first-order valence-corrected chi connectivity index (χ1v) is 11.6. The Morgan fingerprint density at radius 1 is 1.26 bits per heavy atom. The summed E-state index contributed by atoms with van der Waals surface area (Å²) in [7, 11) is 0. The number of piperidine rings is 1. The predicted octanol–water partition coefficient (Wildman–Crippen LogP) is 4.14. The summed E-state index contributed by atoms with van der Waals surface area (Å²) < 4.78 is 25.6. The van der Waals surface area contributed by atoms with Crippen molar-refractivity contribution in [1.29, 1.82) is 0 Å². The SMILES string of the molecule is CC(=S)NCC1CN(c2ccc(C3CCN(C(=S)c4ccc([N+](=O)[O-])o4)CC3)c(F)c2)C(=O)O1. The summed E-state index contributed by atoms with van der Waals surface area (Å²) in [5, 5.41) is 13.8. The fourth-order valence-electron chi connectivity index (χ4n) is 4.20. The number of carbonyl (C=O) groups excluding carboxylic acids is 1. The summed E-state index contributed by atoms with van der Waals surface area (Å²) in [4.78, 5) is 26.8. The Kier molecular flexibility index (Phi) is 7.08. The van der Waals surface area contributed by atoms with Gasteiger partial charge in [0.2, 0.25) is 0 Å².